The second-order valence-electron chi connectivity index (χ2n) is 7.21. The van der Waals surface area contributed by atoms with E-state index in [1.165, 1.54) is 33.1 Å². The largest absolute Gasteiger partial charge is 0.316 e. The van der Waals surface area contributed by atoms with E-state index >= 15 is 0 Å². The lowest BCUT2D eigenvalue weighted by Crippen LogP contribution is -2.10. The summed E-state index contributed by atoms with van der Waals surface area (Å²) in [7, 11) is 0. The van der Waals surface area contributed by atoms with Gasteiger partial charge in [0.15, 0.2) is 0 Å². The van der Waals surface area contributed by atoms with Crippen molar-refractivity contribution in [1.29, 1.82) is 0 Å². The van der Waals surface area contributed by atoms with Crippen LogP contribution in [-0.2, 0) is 5.41 Å². The minimum Gasteiger partial charge on any atom is -0.316 e. The highest BCUT2D eigenvalue weighted by atomic mass is 14.9. The maximum absolute atomic E-state index is 2.29. The van der Waals surface area contributed by atoms with Gasteiger partial charge in [0.25, 0.3) is 0 Å². The molecule has 0 bridgehead atoms. The number of aromatic nitrogens is 1. The van der Waals surface area contributed by atoms with Crippen LogP contribution in [0.4, 0.5) is 0 Å². The molecule has 0 N–H and O–H groups in total. The molecule has 1 heteroatoms. The van der Waals surface area contributed by atoms with E-state index in [0.717, 1.165) is 0 Å². The predicted molar refractivity (Wildman–Crippen MR) is 99.0 cm³/mol. The second-order valence-corrected chi connectivity index (χ2v) is 7.21. The molecular formula is C22H21N. The fourth-order valence-corrected chi connectivity index (χ4v) is 3.25. The van der Waals surface area contributed by atoms with Crippen molar-refractivity contribution in [3.05, 3.63) is 78.5 Å². The van der Waals surface area contributed by atoms with Gasteiger partial charge < -0.3 is 4.40 Å². The van der Waals surface area contributed by atoms with Crippen molar-refractivity contribution < 1.29 is 0 Å². The normalized spacial score (nSPS) is 12.1. The van der Waals surface area contributed by atoms with Crippen LogP contribution in [0, 0.1) is 0 Å². The molecular weight excluding hydrogens is 278 g/mol. The predicted octanol–water partition coefficient (Wildman–Crippen LogP) is 6.06. The van der Waals surface area contributed by atoms with Crippen molar-refractivity contribution in [1.82, 2.24) is 4.40 Å². The maximum atomic E-state index is 2.29. The van der Waals surface area contributed by atoms with E-state index in [1.807, 2.05) is 0 Å². The van der Waals surface area contributed by atoms with Gasteiger partial charge in [-0.25, -0.2) is 0 Å². The molecule has 114 valence electrons. The number of hydrogen-bond acceptors (Lipinski definition) is 0. The molecule has 0 aliphatic rings. The second kappa shape index (κ2) is 4.99. The first-order chi connectivity index (χ1) is 11.0. The first kappa shape index (κ1) is 14.1. The zero-order chi connectivity index (χ0) is 16.0. The molecule has 0 aliphatic heterocycles. The molecule has 1 nitrogen and oxygen atoms in total. The molecule has 2 heterocycles. The number of pyridine rings is 1. The summed E-state index contributed by atoms with van der Waals surface area (Å²) in [5, 5.41) is 2.58. The van der Waals surface area contributed by atoms with Crippen molar-refractivity contribution in [2.45, 2.75) is 26.2 Å². The van der Waals surface area contributed by atoms with Gasteiger partial charge in [0, 0.05) is 11.6 Å². The fourth-order valence-electron chi connectivity index (χ4n) is 3.25. The third-order valence-corrected chi connectivity index (χ3v) is 4.58. The van der Waals surface area contributed by atoms with Gasteiger partial charge >= 0.3 is 0 Å². The Bertz CT molecular complexity index is 982. The lowest BCUT2D eigenvalue weighted by Gasteiger charge is -2.19. The van der Waals surface area contributed by atoms with E-state index in [0.29, 0.717) is 0 Å². The van der Waals surface area contributed by atoms with Crippen molar-refractivity contribution in [3.63, 3.8) is 0 Å². The van der Waals surface area contributed by atoms with Crippen LogP contribution >= 0.6 is 0 Å². The van der Waals surface area contributed by atoms with Crippen molar-refractivity contribution in [2.24, 2.45) is 0 Å². The Morgan fingerprint density at radius 3 is 2.26 bits per heavy atom. The molecule has 4 rings (SSSR count). The first-order valence-electron chi connectivity index (χ1n) is 8.14. The quantitative estimate of drug-likeness (QED) is 0.402. The van der Waals surface area contributed by atoms with Gasteiger partial charge in [0.1, 0.15) is 0 Å². The van der Waals surface area contributed by atoms with Crippen LogP contribution < -0.4 is 0 Å². The van der Waals surface area contributed by atoms with E-state index in [4.69, 9.17) is 0 Å². The van der Waals surface area contributed by atoms with Crippen LogP contribution in [0.5, 0.6) is 0 Å². The summed E-state index contributed by atoms with van der Waals surface area (Å²) in [5.41, 5.74) is 5.31. The summed E-state index contributed by atoms with van der Waals surface area (Å²) in [5.74, 6) is 0. The zero-order valence-corrected chi connectivity index (χ0v) is 13.9. The van der Waals surface area contributed by atoms with Crippen LogP contribution in [0.3, 0.4) is 0 Å². The molecule has 0 aliphatic carbocycles. The summed E-state index contributed by atoms with van der Waals surface area (Å²) in [4.78, 5) is 0. The van der Waals surface area contributed by atoms with Gasteiger partial charge in [-0.2, -0.15) is 0 Å². The Labute approximate surface area is 137 Å². The van der Waals surface area contributed by atoms with Crippen molar-refractivity contribution in [3.8, 4) is 11.3 Å². The lowest BCUT2D eigenvalue weighted by molar-refractivity contribution is 0.590. The van der Waals surface area contributed by atoms with Gasteiger partial charge in [0.05, 0.1) is 11.2 Å². The minimum absolute atomic E-state index is 0.185. The highest BCUT2D eigenvalue weighted by Gasteiger charge is 2.14. The number of hydrogen-bond donors (Lipinski definition) is 0. The minimum atomic E-state index is 0.185. The summed E-state index contributed by atoms with van der Waals surface area (Å²) in [6.45, 7) is 6.76. The monoisotopic (exact) mass is 299 g/mol. The Morgan fingerprint density at radius 1 is 0.783 bits per heavy atom. The van der Waals surface area contributed by atoms with E-state index in [1.54, 1.807) is 0 Å². The Kier molecular flexibility index (Phi) is 3.05. The molecule has 0 saturated carbocycles. The Morgan fingerprint density at radius 2 is 1.52 bits per heavy atom. The van der Waals surface area contributed by atoms with Gasteiger partial charge in [-0.3, -0.25) is 0 Å². The fraction of sp³-hybridized carbons (Fsp3) is 0.182. The van der Waals surface area contributed by atoms with Crippen LogP contribution in [0.1, 0.15) is 26.3 Å². The van der Waals surface area contributed by atoms with E-state index in [-0.39, 0.29) is 5.41 Å². The first-order valence-corrected chi connectivity index (χ1v) is 8.14. The summed E-state index contributed by atoms with van der Waals surface area (Å²) >= 11 is 0. The average molecular weight is 299 g/mol. The maximum Gasteiger partial charge on any atom is 0.0534 e. The number of benzene rings is 2. The van der Waals surface area contributed by atoms with Gasteiger partial charge in [-0.15, -0.1) is 0 Å². The van der Waals surface area contributed by atoms with Crippen LogP contribution in [0.2, 0.25) is 0 Å². The van der Waals surface area contributed by atoms with E-state index in [9.17, 15) is 0 Å². The molecule has 4 aromatic rings. The summed E-state index contributed by atoms with van der Waals surface area (Å²) < 4.78 is 2.29. The highest BCUT2D eigenvalue weighted by molar-refractivity contribution is 5.98. The molecule has 2 aromatic carbocycles. The van der Waals surface area contributed by atoms with Crippen molar-refractivity contribution in [2.75, 3.05) is 0 Å². The number of fused-ring (bicyclic) bond motifs is 3. The molecule has 0 radical (unpaired) electrons. The smallest absolute Gasteiger partial charge is 0.0534 e. The average Bonchev–Trinajstić information content (AvgIpc) is 3.03. The van der Waals surface area contributed by atoms with E-state index < -0.39 is 0 Å². The molecule has 23 heavy (non-hydrogen) atoms. The van der Waals surface area contributed by atoms with Crippen LogP contribution in [0.15, 0.2) is 72.9 Å². The zero-order valence-electron chi connectivity index (χ0n) is 13.9. The van der Waals surface area contributed by atoms with Crippen LogP contribution in [-0.4, -0.2) is 4.40 Å². The molecule has 2 aromatic heterocycles. The molecule has 0 fully saturated rings. The third-order valence-electron chi connectivity index (χ3n) is 4.58. The Hall–Kier alpha value is -2.54. The van der Waals surface area contributed by atoms with Gasteiger partial charge in [0.2, 0.25) is 0 Å². The molecule has 0 unspecified atom stereocenters. The lowest BCUT2D eigenvalue weighted by atomic mass is 9.86. The summed E-state index contributed by atoms with van der Waals surface area (Å²) in [6.07, 6.45) is 2.15. The number of nitrogens with zero attached hydrogens (tertiary/aromatic N) is 1. The van der Waals surface area contributed by atoms with Crippen LogP contribution in [0.25, 0.3) is 27.5 Å². The standard InChI is InChI=1S/C22H21N/c1-22(2,3)18-12-10-16(11-13-18)21-15-17-7-4-5-8-19(17)20-9-6-14-23(20)21/h4-15H,1-3H3. The van der Waals surface area contributed by atoms with Crippen molar-refractivity contribution >= 4 is 16.3 Å². The molecule has 0 saturated heterocycles. The molecule has 0 atom stereocenters. The van der Waals surface area contributed by atoms with E-state index in [2.05, 4.69) is 98.1 Å². The highest BCUT2D eigenvalue weighted by Crippen LogP contribution is 2.30. The third kappa shape index (κ3) is 2.33. The van der Waals surface area contributed by atoms with Gasteiger partial charge in [-0.1, -0.05) is 69.3 Å². The summed E-state index contributed by atoms with van der Waals surface area (Å²) in [6, 6.07) is 24.2. The molecule has 0 spiro atoms. The SMILES string of the molecule is CC(C)(C)c1ccc(-c2cc3ccccc3c3cccn23)cc1. The molecule has 0 amide bonds. The number of rotatable bonds is 1. The Balaban J connectivity index is 1.95. The topological polar surface area (TPSA) is 4.41 Å². The van der Waals surface area contributed by atoms with Gasteiger partial charge in [-0.05, 0) is 40.1 Å².